The zero-order chi connectivity index (χ0) is 26.9. The summed E-state index contributed by atoms with van der Waals surface area (Å²) in [4.78, 5) is 28.7. The molecule has 0 unspecified atom stereocenters. The van der Waals surface area contributed by atoms with E-state index in [1.807, 2.05) is 44.2 Å². The van der Waals surface area contributed by atoms with Crippen molar-refractivity contribution in [2.45, 2.75) is 45.3 Å². The highest BCUT2D eigenvalue weighted by Gasteiger charge is 2.32. The topological polar surface area (TPSA) is 58.6 Å². The molecular formula is C28H28BrCl3N2O3. The van der Waals surface area contributed by atoms with Crippen LogP contribution in [0.15, 0.2) is 71.2 Å². The Morgan fingerprint density at radius 2 is 1.68 bits per heavy atom. The van der Waals surface area contributed by atoms with E-state index in [0.717, 1.165) is 12.0 Å². The van der Waals surface area contributed by atoms with Gasteiger partial charge in [0, 0.05) is 39.6 Å². The Labute approximate surface area is 241 Å². The number of nitrogens with one attached hydrogen (secondary N) is 1. The molecule has 0 radical (unpaired) electrons. The minimum atomic E-state index is -0.825. The second kappa shape index (κ2) is 14.1. The van der Waals surface area contributed by atoms with E-state index in [1.165, 1.54) is 4.90 Å². The van der Waals surface area contributed by atoms with Gasteiger partial charge in [-0.25, -0.2) is 0 Å². The van der Waals surface area contributed by atoms with Crippen LogP contribution in [-0.2, 0) is 22.6 Å². The number of hydrogen-bond donors (Lipinski definition) is 1. The molecule has 5 nitrogen and oxygen atoms in total. The molecule has 0 bridgehead atoms. The number of hydrogen-bond acceptors (Lipinski definition) is 3. The minimum Gasteiger partial charge on any atom is -0.483 e. The van der Waals surface area contributed by atoms with Crippen LogP contribution in [0.4, 0.5) is 0 Å². The van der Waals surface area contributed by atoms with Crippen molar-refractivity contribution in [3.05, 3.63) is 97.4 Å². The fourth-order valence-corrected chi connectivity index (χ4v) is 4.98. The van der Waals surface area contributed by atoms with Crippen molar-refractivity contribution >= 4 is 62.5 Å². The Morgan fingerprint density at radius 1 is 1.00 bits per heavy atom. The summed E-state index contributed by atoms with van der Waals surface area (Å²) < 4.78 is 6.44. The molecule has 196 valence electrons. The largest absolute Gasteiger partial charge is 0.483 e. The molecule has 0 aliphatic carbocycles. The van der Waals surface area contributed by atoms with Gasteiger partial charge in [0.15, 0.2) is 6.61 Å². The van der Waals surface area contributed by atoms with E-state index in [0.29, 0.717) is 37.3 Å². The molecule has 0 fully saturated rings. The highest BCUT2D eigenvalue weighted by atomic mass is 79.9. The molecule has 2 amide bonds. The van der Waals surface area contributed by atoms with Crippen LogP contribution in [0, 0.1) is 0 Å². The van der Waals surface area contributed by atoms with Gasteiger partial charge in [-0.2, -0.15) is 0 Å². The Balaban J connectivity index is 1.97. The smallest absolute Gasteiger partial charge is 0.261 e. The van der Waals surface area contributed by atoms with Crippen LogP contribution < -0.4 is 10.1 Å². The van der Waals surface area contributed by atoms with Crippen LogP contribution >= 0.6 is 50.7 Å². The minimum absolute atomic E-state index is 0.0356. The lowest BCUT2D eigenvalue weighted by atomic mass is 10.0. The number of benzene rings is 3. The lowest BCUT2D eigenvalue weighted by molar-refractivity contribution is -0.143. The second-order valence-corrected chi connectivity index (χ2v) is 10.7. The van der Waals surface area contributed by atoms with Gasteiger partial charge in [0.1, 0.15) is 11.8 Å². The molecule has 0 spiro atoms. The molecule has 3 aromatic rings. The van der Waals surface area contributed by atoms with E-state index >= 15 is 0 Å². The molecule has 0 aromatic heterocycles. The quantitative estimate of drug-likeness (QED) is 0.242. The molecule has 37 heavy (non-hydrogen) atoms. The SMILES string of the molecule is CC[C@H](C)NC(=O)[C@@H](Cc1ccccc1)N(Cc1c(Cl)cccc1Cl)C(=O)COc1ccc(Cl)cc1Br. The van der Waals surface area contributed by atoms with Gasteiger partial charge >= 0.3 is 0 Å². The standard InChI is InChI=1S/C28H28BrCl3N2O3/c1-3-18(2)33-28(36)25(14-19-8-5-4-6-9-19)34(16-21-23(31)10-7-11-24(21)32)27(35)17-37-26-13-12-20(30)15-22(26)29/h4-13,15,18,25H,3,14,16-17H2,1-2H3,(H,33,36)/t18-,25+/m0/s1. The number of halogens is 4. The number of ether oxygens (including phenoxy) is 1. The molecule has 0 saturated carbocycles. The van der Waals surface area contributed by atoms with Crippen LogP contribution in [0.2, 0.25) is 15.1 Å². The van der Waals surface area contributed by atoms with Crippen LogP contribution in [0.5, 0.6) is 5.75 Å². The van der Waals surface area contributed by atoms with Crippen molar-refractivity contribution in [3.63, 3.8) is 0 Å². The Kier molecular flexibility index (Phi) is 11.1. The molecular weight excluding hydrogens is 599 g/mol. The number of carbonyl (C=O) groups is 2. The molecule has 3 rings (SSSR count). The molecule has 2 atom stereocenters. The third kappa shape index (κ3) is 8.37. The summed E-state index contributed by atoms with van der Waals surface area (Å²) in [5, 5.41) is 4.38. The summed E-state index contributed by atoms with van der Waals surface area (Å²) in [6.07, 6.45) is 1.06. The molecule has 0 heterocycles. The molecule has 1 N–H and O–H groups in total. The summed E-state index contributed by atoms with van der Waals surface area (Å²) in [6.45, 7) is 3.65. The number of nitrogens with zero attached hydrogens (tertiary/aromatic N) is 1. The number of rotatable bonds is 11. The molecule has 3 aromatic carbocycles. The Morgan fingerprint density at radius 3 is 2.30 bits per heavy atom. The first-order chi connectivity index (χ1) is 17.7. The normalized spacial score (nSPS) is 12.5. The maximum absolute atomic E-state index is 13.7. The van der Waals surface area contributed by atoms with Crippen molar-refractivity contribution in [2.75, 3.05) is 6.61 Å². The van der Waals surface area contributed by atoms with Gasteiger partial charge in [-0.15, -0.1) is 0 Å². The van der Waals surface area contributed by atoms with Crippen molar-refractivity contribution in [2.24, 2.45) is 0 Å². The third-order valence-corrected chi connectivity index (χ3v) is 7.47. The van der Waals surface area contributed by atoms with Crippen LogP contribution in [0.3, 0.4) is 0 Å². The summed E-state index contributed by atoms with van der Waals surface area (Å²) in [5.74, 6) is -0.197. The van der Waals surface area contributed by atoms with Gasteiger partial charge in [-0.1, -0.05) is 78.1 Å². The molecule has 9 heteroatoms. The lowest BCUT2D eigenvalue weighted by Crippen LogP contribution is -2.53. The summed E-state index contributed by atoms with van der Waals surface area (Å²) in [5.41, 5.74) is 1.47. The zero-order valence-corrected chi connectivity index (χ0v) is 24.4. The summed E-state index contributed by atoms with van der Waals surface area (Å²) in [7, 11) is 0. The van der Waals surface area contributed by atoms with Gasteiger partial charge in [-0.05, 0) is 65.2 Å². The van der Waals surface area contributed by atoms with Crippen molar-refractivity contribution in [1.82, 2.24) is 10.2 Å². The fourth-order valence-electron chi connectivity index (χ4n) is 3.66. The average molecular weight is 627 g/mol. The van der Waals surface area contributed by atoms with E-state index in [9.17, 15) is 9.59 Å². The van der Waals surface area contributed by atoms with E-state index < -0.39 is 11.9 Å². The summed E-state index contributed by atoms with van der Waals surface area (Å²) >= 11 is 22.4. The maximum Gasteiger partial charge on any atom is 0.261 e. The zero-order valence-electron chi connectivity index (χ0n) is 20.5. The van der Waals surface area contributed by atoms with Gasteiger partial charge in [0.2, 0.25) is 5.91 Å². The van der Waals surface area contributed by atoms with Gasteiger partial charge in [0.25, 0.3) is 5.91 Å². The van der Waals surface area contributed by atoms with E-state index in [4.69, 9.17) is 39.5 Å². The first-order valence-electron chi connectivity index (χ1n) is 11.8. The first kappa shape index (κ1) is 29.3. The van der Waals surface area contributed by atoms with Gasteiger partial charge in [0.05, 0.1) is 4.47 Å². The predicted octanol–water partition coefficient (Wildman–Crippen LogP) is 7.34. The van der Waals surface area contributed by atoms with Gasteiger partial charge in [-0.3, -0.25) is 9.59 Å². The third-order valence-electron chi connectivity index (χ3n) is 5.91. The number of amides is 2. The lowest BCUT2D eigenvalue weighted by Gasteiger charge is -2.32. The molecule has 0 aliphatic heterocycles. The number of carbonyl (C=O) groups excluding carboxylic acids is 2. The molecule has 0 aliphatic rings. The summed E-state index contributed by atoms with van der Waals surface area (Å²) in [6, 6.07) is 18.8. The maximum atomic E-state index is 13.7. The second-order valence-electron chi connectivity index (χ2n) is 8.61. The van der Waals surface area contributed by atoms with Gasteiger partial charge < -0.3 is 15.0 Å². The Bertz CT molecular complexity index is 1210. The fraction of sp³-hybridized carbons (Fsp3) is 0.286. The van der Waals surface area contributed by atoms with E-state index in [2.05, 4.69) is 21.2 Å². The van der Waals surface area contributed by atoms with E-state index in [1.54, 1.807) is 36.4 Å². The predicted molar refractivity (Wildman–Crippen MR) is 153 cm³/mol. The Hall–Kier alpha value is -2.25. The monoisotopic (exact) mass is 624 g/mol. The van der Waals surface area contributed by atoms with Crippen LogP contribution in [0.25, 0.3) is 0 Å². The average Bonchev–Trinajstić information content (AvgIpc) is 2.87. The van der Waals surface area contributed by atoms with Crippen molar-refractivity contribution < 1.29 is 14.3 Å². The van der Waals surface area contributed by atoms with E-state index in [-0.39, 0.29) is 25.1 Å². The van der Waals surface area contributed by atoms with Crippen molar-refractivity contribution in [1.29, 1.82) is 0 Å². The highest BCUT2D eigenvalue weighted by Crippen LogP contribution is 2.29. The van der Waals surface area contributed by atoms with Crippen LogP contribution in [-0.4, -0.2) is 35.4 Å². The highest BCUT2D eigenvalue weighted by molar-refractivity contribution is 9.10. The van der Waals surface area contributed by atoms with Crippen molar-refractivity contribution in [3.8, 4) is 5.75 Å². The molecule has 0 saturated heterocycles. The first-order valence-corrected chi connectivity index (χ1v) is 13.8. The van der Waals surface area contributed by atoms with Crippen LogP contribution in [0.1, 0.15) is 31.4 Å².